The largest absolute Gasteiger partial charge is 0.382 e. The van der Waals surface area contributed by atoms with E-state index in [2.05, 4.69) is 16.8 Å². The number of nitrogens with two attached hydrogens (primary N) is 2. The lowest BCUT2D eigenvalue weighted by molar-refractivity contribution is 1.03. The Hall–Kier alpha value is -0.660. The average Bonchev–Trinajstić information content (AvgIpc) is 2.12. The van der Waals surface area contributed by atoms with Crippen LogP contribution in [0.5, 0.6) is 0 Å². The van der Waals surface area contributed by atoms with E-state index in [4.69, 9.17) is 23.1 Å². The van der Waals surface area contributed by atoms with Crippen LogP contribution in [0, 0.1) is 11.8 Å². The predicted octanol–water partition coefficient (Wildman–Crippen LogP) is 1.86. The van der Waals surface area contributed by atoms with Gasteiger partial charge < -0.3 is 11.5 Å². The molecule has 0 saturated carbocycles. The Labute approximate surface area is 106 Å². The fraction of sp³-hybridized carbons (Fsp3) is 0.222. The predicted molar refractivity (Wildman–Crippen MR) is 68.7 cm³/mol. The van der Waals surface area contributed by atoms with E-state index in [1.54, 1.807) is 12.3 Å². The van der Waals surface area contributed by atoms with Gasteiger partial charge in [-0.2, -0.15) is 0 Å². The van der Waals surface area contributed by atoms with Crippen molar-refractivity contribution in [2.24, 2.45) is 5.73 Å². The summed E-state index contributed by atoms with van der Waals surface area (Å²) in [6, 6.07) is 1.69. The van der Waals surface area contributed by atoms with Gasteiger partial charge in [0.2, 0.25) is 0 Å². The monoisotopic (exact) mass is 267 g/mol. The fourth-order valence-electron chi connectivity index (χ4n) is 0.754. The van der Waals surface area contributed by atoms with Crippen molar-refractivity contribution >= 4 is 42.2 Å². The number of hydrogen-bond acceptors (Lipinski definition) is 3. The van der Waals surface area contributed by atoms with Gasteiger partial charge >= 0.3 is 0 Å². The average molecular weight is 269 g/mol. The van der Waals surface area contributed by atoms with Crippen LogP contribution in [0.25, 0.3) is 0 Å². The van der Waals surface area contributed by atoms with Crippen LogP contribution < -0.4 is 11.5 Å². The van der Waals surface area contributed by atoms with E-state index in [1.165, 1.54) is 0 Å². The summed E-state index contributed by atoms with van der Waals surface area (Å²) in [4.78, 5) is 3.87. The summed E-state index contributed by atoms with van der Waals surface area (Å²) in [5.41, 5.74) is 11.5. The second kappa shape index (κ2) is 8.63. The van der Waals surface area contributed by atoms with Crippen LogP contribution in [0.2, 0.25) is 5.02 Å². The maximum atomic E-state index is 5.75. The molecular weight excluding hydrogens is 256 g/mol. The Morgan fingerprint density at radius 2 is 2.07 bits per heavy atom. The molecule has 0 aliphatic carbocycles. The van der Waals surface area contributed by atoms with E-state index in [0.29, 0.717) is 23.8 Å². The highest BCUT2D eigenvalue weighted by atomic mass is 35.5. The summed E-state index contributed by atoms with van der Waals surface area (Å²) in [6.45, 7) is 0.559. The molecule has 1 heterocycles. The highest BCUT2D eigenvalue weighted by Gasteiger charge is 1.96. The van der Waals surface area contributed by atoms with Crippen molar-refractivity contribution in [2.45, 2.75) is 6.42 Å². The third kappa shape index (κ3) is 5.71. The van der Waals surface area contributed by atoms with Gasteiger partial charge in [0, 0.05) is 24.7 Å². The second-order valence-corrected chi connectivity index (χ2v) is 2.84. The molecule has 3 nitrogen and oxygen atoms in total. The Bertz CT molecular complexity index is 357. The first-order chi connectivity index (χ1) is 6.24. The molecule has 6 heteroatoms. The Balaban J connectivity index is 0. The van der Waals surface area contributed by atoms with Gasteiger partial charge in [-0.25, -0.2) is 4.98 Å². The molecule has 0 saturated heterocycles. The number of nitrogens with zero attached hydrogens (tertiary/aromatic N) is 1. The molecule has 0 aromatic carbocycles. The number of pyridine rings is 1. The number of aromatic nitrogens is 1. The smallest absolute Gasteiger partial charge is 0.142 e. The standard InChI is InChI=1S/C9H10ClN3.2ClH/c10-8-5-7(3-1-2-4-11)6-13-9(8)12;;/h5-6H,2,4,11H2,(H2,12,13);2*1H. The van der Waals surface area contributed by atoms with Crippen LogP contribution in [-0.2, 0) is 0 Å². The molecule has 0 aliphatic heterocycles. The van der Waals surface area contributed by atoms with E-state index in [1.807, 2.05) is 0 Å². The van der Waals surface area contributed by atoms with Gasteiger partial charge in [0.1, 0.15) is 5.82 Å². The molecule has 84 valence electrons. The highest BCUT2D eigenvalue weighted by Crippen LogP contribution is 2.15. The number of rotatable bonds is 1. The van der Waals surface area contributed by atoms with Crippen LogP contribution in [0.1, 0.15) is 12.0 Å². The van der Waals surface area contributed by atoms with Crippen molar-refractivity contribution in [3.63, 3.8) is 0 Å². The molecule has 0 bridgehead atoms. The van der Waals surface area contributed by atoms with Gasteiger partial charge in [-0.15, -0.1) is 24.8 Å². The minimum atomic E-state index is 0. The summed E-state index contributed by atoms with van der Waals surface area (Å²) in [6.07, 6.45) is 2.26. The molecule has 0 aliphatic rings. The van der Waals surface area contributed by atoms with Gasteiger partial charge in [0.15, 0.2) is 0 Å². The van der Waals surface area contributed by atoms with Gasteiger partial charge in [-0.1, -0.05) is 23.4 Å². The molecule has 15 heavy (non-hydrogen) atoms. The van der Waals surface area contributed by atoms with Crippen molar-refractivity contribution in [3.8, 4) is 11.8 Å². The lowest BCUT2D eigenvalue weighted by Gasteiger charge is -1.95. The zero-order chi connectivity index (χ0) is 9.68. The first kappa shape index (κ1) is 16.8. The Morgan fingerprint density at radius 1 is 1.40 bits per heavy atom. The number of halogens is 3. The van der Waals surface area contributed by atoms with Crippen molar-refractivity contribution in [1.82, 2.24) is 4.98 Å². The number of nitrogen functional groups attached to an aromatic ring is 1. The molecule has 0 unspecified atom stereocenters. The first-order valence-electron chi connectivity index (χ1n) is 3.84. The zero-order valence-electron chi connectivity index (χ0n) is 7.87. The van der Waals surface area contributed by atoms with Crippen LogP contribution in [-0.4, -0.2) is 11.5 Å². The summed E-state index contributed by atoms with van der Waals surface area (Å²) in [7, 11) is 0. The minimum Gasteiger partial charge on any atom is -0.382 e. The Morgan fingerprint density at radius 3 is 2.60 bits per heavy atom. The third-order valence-corrected chi connectivity index (χ3v) is 1.67. The summed E-state index contributed by atoms with van der Waals surface area (Å²) in [5.74, 6) is 6.09. The molecule has 0 fully saturated rings. The summed E-state index contributed by atoms with van der Waals surface area (Å²) < 4.78 is 0. The summed E-state index contributed by atoms with van der Waals surface area (Å²) in [5, 5.41) is 0.430. The van der Waals surface area contributed by atoms with Crippen molar-refractivity contribution in [1.29, 1.82) is 0 Å². The van der Waals surface area contributed by atoms with Gasteiger partial charge in [-0.3, -0.25) is 0 Å². The van der Waals surface area contributed by atoms with Gasteiger partial charge in [-0.05, 0) is 6.07 Å². The van der Waals surface area contributed by atoms with E-state index in [0.717, 1.165) is 5.56 Å². The molecular formula is C9H12Cl3N3. The van der Waals surface area contributed by atoms with Crippen molar-refractivity contribution in [2.75, 3.05) is 12.3 Å². The quantitative estimate of drug-likeness (QED) is 0.764. The molecule has 0 atom stereocenters. The minimum absolute atomic E-state index is 0. The summed E-state index contributed by atoms with van der Waals surface area (Å²) >= 11 is 5.75. The topological polar surface area (TPSA) is 64.9 Å². The SMILES string of the molecule is Cl.Cl.NCCC#Cc1cnc(N)c(Cl)c1. The maximum Gasteiger partial charge on any atom is 0.142 e. The number of anilines is 1. The van der Waals surface area contributed by atoms with Crippen LogP contribution in [0.4, 0.5) is 5.82 Å². The van der Waals surface area contributed by atoms with E-state index < -0.39 is 0 Å². The molecule has 0 radical (unpaired) electrons. The van der Waals surface area contributed by atoms with Crippen LogP contribution in [0.15, 0.2) is 12.3 Å². The molecule has 0 spiro atoms. The fourth-order valence-corrected chi connectivity index (χ4v) is 0.920. The van der Waals surface area contributed by atoms with E-state index in [9.17, 15) is 0 Å². The number of hydrogen-bond donors (Lipinski definition) is 2. The molecule has 0 amide bonds. The van der Waals surface area contributed by atoms with Gasteiger partial charge in [0.05, 0.1) is 5.02 Å². The third-order valence-electron chi connectivity index (χ3n) is 1.37. The van der Waals surface area contributed by atoms with E-state index in [-0.39, 0.29) is 24.8 Å². The van der Waals surface area contributed by atoms with Crippen LogP contribution >= 0.6 is 36.4 Å². The van der Waals surface area contributed by atoms with Crippen molar-refractivity contribution < 1.29 is 0 Å². The molecule has 1 aromatic rings. The second-order valence-electron chi connectivity index (χ2n) is 2.43. The molecule has 4 N–H and O–H groups in total. The normalized spacial score (nSPS) is 7.87. The van der Waals surface area contributed by atoms with Crippen LogP contribution in [0.3, 0.4) is 0 Å². The lowest BCUT2D eigenvalue weighted by atomic mass is 10.2. The molecule has 1 rings (SSSR count). The first-order valence-corrected chi connectivity index (χ1v) is 4.22. The maximum absolute atomic E-state index is 5.75. The lowest BCUT2D eigenvalue weighted by Crippen LogP contribution is -1.95. The molecule has 1 aromatic heterocycles. The Kier molecular flexibility index (Phi) is 9.64. The highest BCUT2D eigenvalue weighted by molar-refractivity contribution is 6.32. The zero-order valence-corrected chi connectivity index (χ0v) is 10.3. The van der Waals surface area contributed by atoms with Gasteiger partial charge in [0.25, 0.3) is 0 Å². The van der Waals surface area contributed by atoms with Crippen molar-refractivity contribution in [3.05, 3.63) is 22.8 Å². The van der Waals surface area contributed by atoms with E-state index >= 15 is 0 Å².